The van der Waals surface area contributed by atoms with E-state index in [1.165, 1.54) is 0 Å². The molecular formula is C13H18N2O3S. The van der Waals surface area contributed by atoms with E-state index in [9.17, 15) is 8.42 Å². The van der Waals surface area contributed by atoms with E-state index in [2.05, 4.69) is 10.2 Å². The van der Waals surface area contributed by atoms with Crippen LogP contribution in [0, 0.1) is 0 Å². The van der Waals surface area contributed by atoms with Crippen LogP contribution in [0.1, 0.15) is 6.92 Å². The molecule has 6 heteroatoms. The molecule has 0 saturated carbocycles. The van der Waals surface area contributed by atoms with E-state index in [1.54, 1.807) is 0 Å². The molecule has 2 aliphatic heterocycles. The van der Waals surface area contributed by atoms with Crippen LogP contribution >= 0.6 is 0 Å². The average molecular weight is 282 g/mol. The van der Waals surface area contributed by atoms with Crippen molar-refractivity contribution in [3.8, 4) is 5.75 Å². The van der Waals surface area contributed by atoms with Gasteiger partial charge in [0.15, 0.2) is 9.84 Å². The number of para-hydroxylation sites is 1. The number of sulfone groups is 1. The fourth-order valence-electron chi connectivity index (χ4n) is 2.80. The van der Waals surface area contributed by atoms with Gasteiger partial charge in [-0.2, -0.15) is 0 Å². The quantitative estimate of drug-likeness (QED) is 0.880. The van der Waals surface area contributed by atoms with Gasteiger partial charge < -0.3 is 15.0 Å². The van der Waals surface area contributed by atoms with Crippen LogP contribution in [0.15, 0.2) is 18.2 Å². The summed E-state index contributed by atoms with van der Waals surface area (Å²) in [5.41, 5.74) is 2.04. The molecule has 0 radical (unpaired) electrons. The minimum atomic E-state index is -2.89. The van der Waals surface area contributed by atoms with Gasteiger partial charge in [0, 0.05) is 13.1 Å². The van der Waals surface area contributed by atoms with Gasteiger partial charge in [-0.25, -0.2) is 8.42 Å². The fraction of sp³-hybridized carbons (Fsp3) is 0.538. The minimum Gasteiger partial charge on any atom is -0.492 e. The van der Waals surface area contributed by atoms with E-state index in [-0.39, 0.29) is 17.5 Å². The topological polar surface area (TPSA) is 58.6 Å². The number of rotatable bonds is 2. The maximum absolute atomic E-state index is 11.7. The lowest BCUT2D eigenvalue weighted by Crippen LogP contribution is -2.54. The summed E-state index contributed by atoms with van der Waals surface area (Å²) < 4.78 is 29.0. The molecule has 1 aromatic carbocycles. The Morgan fingerprint density at radius 2 is 2.32 bits per heavy atom. The minimum absolute atomic E-state index is 0.0307. The fourth-order valence-corrected chi connectivity index (χ4v) is 4.33. The van der Waals surface area contributed by atoms with Crippen LogP contribution in [0.5, 0.6) is 5.75 Å². The molecule has 1 N–H and O–H groups in total. The van der Waals surface area contributed by atoms with Crippen LogP contribution in [0.3, 0.4) is 0 Å². The summed E-state index contributed by atoms with van der Waals surface area (Å²) in [5, 5.41) is 3.32. The molecular weight excluding hydrogens is 264 g/mol. The van der Waals surface area contributed by atoms with Gasteiger partial charge in [-0.15, -0.1) is 0 Å². The lowest BCUT2D eigenvalue weighted by atomic mass is 10.1. The maximum Gasteiger partial charge on any atom is 0.154 e. The number of benzene rings is 1. The van der Waals surface area contributed by atoms with E-state index >= 15 is 0 Å². The third-order valence-corrected chi connectivity index (χ3v) is 5.36. The number of nitrogens with zero attached hydrogens (tertiary/aromatic N) is 1. The first-order valence-corrected chi connectivity index (χ1v) is 8.39. The van der Waals surface area contributed by atoms with Gasteiger partial charge in [0.2, 0.25) is 0 Å². The Kier molecular flexibility index (Phi) is 3.05. The van der Waals surface area contributed by atoms with Crippen molar-refractivity contribution >= 4 is 21.2 Å². The molecule has 2 heterocycles. The first kappa shape index (κ1) is 12.6. The predicted octanol–water partition coefficient (Wildman–Crippen LogP) is 1.11. The lowest BCUT2D eigenvalue weighted by Gasteiger charge is -2.42. The molecule has 2 aliphatic rings. The number of fused-ring (bicyclic) bond motifs is 3. The molecule has 0 bridgehead atoms. The molecule has 104 valence electrons. The molecule has 0 spiro atoms. The lowest BCUT2D eigenvalue weighted by molar-refractivity contribution is 0.341. The zero-order valence-corrected chi connectivity index (χ0v) is 11.7. The second-order valence-corrected chi connectivity index (χ2v) is 7.15. The van der Waals surface area contributed by atoms with Gasteiger partial charge in [-0.05, 0) is 19.1 Å². The smallest absolute Gasteiger partial charge is 0.154 e. The van der Waals surface area contributed by atoms with Crippen molar-refractivity contribution in [2.24, 2.45) is 0 Å². The maximum atomic E-state index is 11.7. The average Bonchev–Trinajstić information content (AvgIpc) is 2.37. The first-order chi connectivity index (χ1) is 9.11. The molecule has 1 aromatic rings. The Balaban J connectivity index is 1.96. The molecule has 0 aliphatic carbocycles. The second-order valence-electron chi connectivity index (χ2n) is 4.93. The number of ether oxygens (including phenoxy) is 1. The van der Waals surface area contributed by atoms with E-state index in [0.717, 1.165) is 17.1 Å². The Morgan fingerprint density at radius 3 is 3.11 bits per heavy atom. The van der Waals surface area contributed by atoms with Crippen molar-refractivity contribution in [1.29, 1.82) is 0 Å². The molecule has 0 aromatic heterocycles. The normalized spacial score (nSPS) is 24.1. The van der Waals surface area contributed by atoms with Crippen molar-refractivity contribution in [1.82, 2.24) is 0 Å². The molecule has 1 unspecified atom stereocenters. The van der Waals surface area contributed by atoms with Gasteiger partial charge >= 0.3 is 0 Å². The van der Waals surface area contributed by atoms with Gasteiger partial charge in [-0.3, -0.25) is 0 Å². The standard InChI is InChI=1S/C13H18N2O3S/c1-2-18-12-5-3-4-11-13(12)14-8-10-9-19(16,17)7-6-15(10)11/h3-5,10,14H,2,6-9H2,1H3. The van der Waals surface area contributed by atoms with Crippen LogP contribution in [0.25, 0.3) is 0 Å². The SMILES string of the molecule is CCOc1cccc2c1NCC1CS(=O)(=O)CCN21. The van der Waals surface area contributed by atoms with E-state index in [1.807, 2.05) is 25.1 Å². The third-order valence-electron chi connectivity index (χ3n) is 3.66. The largest absolute Gasteiger partial charge is 0.492 e. The highest BCUT2D eigenvalue weighted by atomic mass is 32.2. The highest BCUT2D eigenvalue weighted by Crippen LogP contribution is 2.39. The van der Waals surface area contributed by atoms with Crippen LogP contribution in [-0.2, 0) is 9.84 Å². The van der Waals surface area contributed by atoms with Gasteiger partial charge in [0.1, 0.15) is 11.4 Å². The first-order valence-electron chi connectivity index (χ1n) is 6.57. The molecule has 1 saturated heterocycles. The highest BCUT2D eigenvalue weighted by molar-refractivity contribution is 7.91. The van der Waals surface area contributed by atoms with Crippen molar-refractivity contribution in [2.45, 2.75) is 13.0 Å². The summed E-state index contributed by atoms with van der Waals surface area (Å²) >= 11 is 0. The van der Waals surface area contributed by atoms with E-state index in [4.69, 9.17) is 4.74 Å². The van der Waals surface area contributed by atoms with Crippen molar-refractivity contribution in [2.75, 3.05) is 41.4 Å². The number of anilines is 2. The van der Waals surface area contributed by atoms with Crippen LogP contribution < -0.4 is 15.0 Å². The Morgan fingerprint density at radius 1 is 1.47 bits per heavy atom. The van der Waals surface area contributed by atoms with Gasteiger partial charge in [-0.1, -0.05) is 6.07 Å². The molecule has 19 heavy (non-hydrogen) atoms. The van der Waals surface area contributed by atoms with Crippen LogP contribution in [-0.4, -0.2) is 45.7 Å². The van der Waals surface area contributed by atoms with Crippen molar-refractivity contribution in [3.05, 3.63) is 18.2 Å². The monoisotopic (exact) mass is 282 g/mol. The molecule has 1 atom stereocenters. The summed E-state index contributed by atoms with van der Waals surface area (Å²) in [6.07, 6.45) is 0. The summed E-state index contributed by atoms with van der Waals surface area (Å²) in [7, 11) is -2.89. The van der Waals surface area contributed by atoms with Crippen molar-refractivity contribution < 1.29 is 13.2 Å². The van der Waals surface area contributed by atoms with Gasteiger partial charge in [0.05, 0.1) is 29.8 Å². The zero-order chi connectivity index (χ0) is 13.5. The zero-order valence-electron chi connectivity index (χ0n) is 10.9. The summed E-state index contributed by atoms with van der Waals surface area (Å²) in [6.45, 7) is 3.79. The number of nitrogens with one attached hydrogen (secondary N) is 1. The Bertz CT molecular complexity index is 586. The third kappa shape index (κ3) is 2.25. The van der Waals surface area contributed by atoms with E-state index < -0.39 is 9.84 Å². The van der Waals surface area contributed by atoms with Crippen LogP contribution in [0.4, 0.5) is 11.4 Å². The highest BCUT2D eigenvalue weighted by Gasteiger charge is 2.35. The predicted molar refractivity (Wildman–Crippen MR) is 75.9 cm³/mol. The Labute approximate surface area is 113 Å². The second kappa shape index (κ2) is 4.59. The molecule has 3 rings (SSSR count). The summed E-state index contributed by atoms with van der Waals surface area (Å²) in [4.78, 5) is 2.19. The van der Waals surface area contributed by atoms with Crippen molar-refractivity contribution in [3.63, 3.8) is 0 Å². The Hall–Kier alpha value is -1.43. The number of hydrogen-bond acceptors (Lipinski definition) is 5. The molecule has 1 fully saturated rings. The van der Waals surface area contributed by atoms with E-state index in [0.29, 0.717) is 19.7 Å². The molecule has 0 amide bonds. The summed E-state index contributed by atoms with van der Waals surface area (Å²) in [5.74, 6) is 1.31. The molecule has 5 nitrogen and oxygen atoms in total. The van der Waals surface area contributed by atoms with Crippen LogP contribution in [0.2, 0.25) is 0 Å². The number of hydrogen-bond donors (Lipinski definition) is 1. The summed E-state index contributed by atoms with van der Waals surface area (Å²) in [6, 6.07) is 5.95. The van der Waals surface area contributed by atoms with Gasteiger partial charge in [0.25, 0.3) is 0 Å².